The summed E-state index contributed by atoms with van der Waals surface area (Å²) in [6.45, 7) is 0. The quantitative estimate of drug-likeness (QED) is 0.569. The van der Waals surface area contributed by atoms with E-state index in [1.165, 1.54) is 24.3 Å². The van der Waals surface area contributed by atoms with Crippen molar-refractivity contribution in [1.29, 1.82) is 0 Å². The van der Waals surface area contributed by atoms with E-state index < -0.39 is 0 Å². The molecule has 0 aliphatic rings. The van der Waals surface area contributed by atoms with Crippen LogP contribution in [0.25, 0.3) is 0 Å². The predicted octanol–water partition coefficient (Wildman–Crippen LogP) is 2.75. The second kappa shape index (κ2) is 3.48. The topological polar surface area (TPSA) is 29.1 Å². The van der Waals surface area contributed by atoms with Crippen LogP contribution in [0, 0.1) is 5.82 Å². The fourth-order valence-electron chi connectivity index (χ4n) is 0.647. The van der Waals surface area contributed by atoms with E-state index in [4.69, 9.17) is 0 Å². The largest absolute Gasteiger partial charge is 0.317 e. The zero-order chi connectivity index (χ0) is 8.27. The van der Waals surface area contributed by atoms with Crippen LogP contribution in [0.2, 0.25) is 0 Å². The molecule has 1 aromatic rings. The van der Waals surface area contributed by atoms with Gasteiger partial charge in [-0.1, -0.05) is 0 Å². The molecule has 1 N–H and O–H groups in total. The van der Waals surface area contributed by atoms with E-state index in [1.807, 2.05) is 0 Å². The summed E-state index contributed by atoms with van der Waals surface area (Å²) >= 11 is 2.69. The third kappa shape index (κ3) is 2.67. The second-order valence-corrected chi connectivity index (χ2v) is 2.63. The molecule has 0 aliphatic carbocycles. The molecule has 11 heavy (non-hydrogen) atoms. The molecule has 0 saturated carbocycles. The highest BCUT2D eigenvalue weighted by Crippen LogP contribution is 2.08. The molecular formula is C7H5BrFNO. The first kappa shape index (κ1) is 8.20. The van der Waals surface area contributed by atoms with Crippen molar-refractivity contribution in [2.45, 2.75) is 0 Å². The van der Waals surface area contributed by atoms with Crippen molar-refractivity contribution in [2.24, 2.45) is 0 Å². The smallest absolute Gasteiger partial charge is 0.291 e. The van der Waals surface area contributed by atoms with Gasteiger partial charge in [-0.3, -0.25) is 4.79 Å². The van der Waals surface area contributed by atoms with E-state index in [1.54, 1.807) is 0 Å². The van der Waals surface area contributed by atoms with Crippen LogP contribution in [0.5, 0.6) is 0 Å². The summed E-state index contributed by atoms with van der Waals surface area (Å²) in [7, 11) is 0. The fraction of sp³-hybridized carbons (Fsp3) is 0. The predicted molar refractivity (Wildman–Crippen MR) is 44.3 cm³/mol. The van der Waals surface area contributed by atoms with Gasteiger partial charge in [0.15, 0.2) is 0 Å². The Bertz CT molecular complexity index is 260. The van der Waals surface area contributed by atoms with Crippen molar-refractivity contribution in [3.8, 4) is 0 Å². The fourth-order valence-corrected chi connectivity index (χ4v) is 0.876. The van der Waals surface area contributed by atoms with Crippen LogP contribution in [0.15, 0.2) is 24.3 Å². The van der Waals surface area contributed by atoms with Gasteiger partial charge < -0.3 is 5.32 Å². The van der Waals surface area contributed by atoms with Gasteiger partial charge in [0, 0.05) is 21.6 Å². The van der Waals surface area contributed by atoms with Crippen LogP contribution in [-0.4, -0.2) is 4.82 Å². The first-order valence-electron chi connectivity index (χ1n) is 2.90. The molecule has 58 valence electrons. The van der Waals surface area contributed by atoms with Crippen LogP contribution in [0.3, 0.4) is 0 Å². The van der Waals surface area contributed by atoms with Gasteiger partial charge in [-0.2, -0.15) is 0 Å². The molecule has 0 spiro atoms. The summed E-state index contributed by atoms with van der Waals surface area (Å²) in [5, 5.41) is 2.44. The van der Waals surface area contributed by atoms with Crippen molar-refractivity contribution in [2.75, 3.05) is 5.32 Å². The Kier molecular flexibility index (Phi) is 2.59. The van der Waals surface area contributed by atoms with Gasteiger partial charge in [0.05, 0.1) is 0 Å². The molecule has 0 aliphatic heterocycles. The van der Waals surface area contributed by atoms with E-state index in [2.05, 4.69) is 21.2 Å². The Morgan fingerprint density at radius 1 is 1.36 bits per heavy atom. The molecule has 0 unspecified atom stereocenters. The van der Waals surface area contributed by atoms with Crippen LogP contribution in [0.1, 0.15) is 0 Å². The Morgan fingerprint density at radius 2 is 1.91 bits per heavy atom. The SMILES string of the molecule is O=C(Br)Nc1ccc(F)cc1. The average Bonchev–Trinajstić information content (AvgIpc) is 1.93. The van der Waals surface area contributed by atoms with E-state index in [-0.39, 0.29) is 10.6 Å². The van der Waals surface area contributed by atoms with Crippen LogP contribution in [-0.2, 0) is 0 Å². The third-order valence-electron chi connectivity index (χ3n) is 1.09. The van der Waals surface area contributed by atoms with Gasteiger partial charge in [0.25, 0.3) is 4.82 Å². The Morgan fingerprint density at radius 3 is 2.36 bits per heavy atom. The van der Waals surface area contributed by atoms with Crippen LogP contribution >= 0.6 is 15.9 Å². The van der Waals surface area contributed by atoms with Crippen molar-refractivity contribution in [3.63, 3.8) is 0 Å². The number of hydrogen-bond acceptors (Lipinski definition) is 1. The van der Waals surface area contributed by atoms with Gasteiger partial charge in [-0.05, 0) is 24.3 Å². The van der Waals surface area contributed by atoms with Gasteiger partial charge in [-0.25, -0.2) is 4.39 Å². The number of anilines is 1. The second-order valence-electron chi connectivity index (χ2n) is 1.91. The molecule has 4 heteroatoms. The third-order valence-corrected chi connectivity index (χ3v) is 1.29. The number of carbonyl (C=O) groups is 1. The monoisotopic (exact) mass is 217 g/mol. The molecule has 0 aromatic heterocycles. The lowest BCUT2D eigenvalue weighted by molar-refractivity contribution is 0.270. The molecule has 0 radical (unpaired) electrons. The lowest BCUT2D eigenvalue weighted by atomic mass is 10.3. The van der Waals surface area contributed by atoms with Gasteiger partial charge in [-0.15, -0.1) is 0 Å². The lowest BCUT2D eigenvalue weighted by Gasteiger charge is -1.98. The zero-order valence-corrected chi connectivity index (χ0v) is 7.06. The van der Waals surface area contributed by atoms with Crippen molar-refractivity contribution >= 4 is 26.4 Å². The summed E-state index contributed by atoms with van der Waals surface area (Å²) in [6, 6.07) is 5.51. The number of halogens is 2. The standard InChI is InChI=1S/C7H5BrFNO/c8-7(11)10-6-3-1-5(9)2-4-6/h1-4H,(H,10,11). The lowest BCUT2D eigenvalue weighted by Crippen LogP contribution is -1.99. The summed E-state index contributed by atoms with van der Waals surface area (Å²) in [5.74, 6) is -0.322. The minimum Gasteiger partial charge on any atom is -0.317 e. The van der Waals surface area contributed by atoms with Gasteiger partial charge in [0.2, 0.25) is 0 Å². The molecule has 1 aromatic carbocycles. The molecule has 1 rings (SSSR count). The molecule has 0 atom stereocenters. The first-order chi connectivity index (χ1) is 5.18. The number of nitrogens with one attached hydrogen (secondary N) is 1. The van der Waals surface area contributed by atoms with Gasteiger partial charge in [0.1, 0.15) is 5.82 Å². The van der Waals surface area contributed by atoms with E-state index in [0.717, 1.165) is 0 Å². The average molecular weight is 218 g/mol. The zero-order valence-electron chi connectivity index (χ0n) is 5.47. The highest BCUT2D eigenvalue weighted by Gasteiger charge is 1.95. The van der Waals surface area contributed by atoms with Crippen molar-refractivity contribution in [1.82, 2.24) is 0 Å². The van der Waals surface area contributed by atoms with Crippen molar-refractivity contribution in [3.05, 3.63) is 30.1 Å². The Labute approximate surface area is 71.5 Å². The molecule has 0 bridgehead atoms. The van der Waals surface area contributed by atoms with Crippen LogP contribution < -0.4 is 5.32 Å². The number of rotatable bonds is 1. The summed E-state index contributed by atoms with van der Waals surface area (Å²) in [6.07, 6.45) is 0. The summed E-state index contributed by atoms with van der Waals surface area (Å²) < 4.78 is 12.3. The summed E-state index contributed by atoms with van der Waals surface area (Å²) in [4.78, 5) is 10.1. The molecule has 2 nitrogen and oxygen atoms in total. The van der Waals surface area contributed by atoms with E-state index >= 15 is 0 Å². The van der Waals surface area contributed by atoms with Gasteiger partial charge >= 0.3 is 0 Å². The first-order valence-corrected chi connectivity index (χ1v) is 3.70. The summed E-state index contributed by atoms with van der Waals surface area (Å²) in [5.41, 5.74) is 0.563. The maximum absolute atomic E-state index is 12.3. The minimum absolute atomic E-state index is 0.322. The number of hydrogen-bond donors (Lipinski definition) is 1. The Balaban J connectivity index is 2.74. The normalized spacial score (nSPS) is 9.27. The highest BCUT2D eigenvalue weighted by molar-refractivity contribution is 9.18. The maximum Gasteiger partial charge on any atom is 0.291 e. The molecule has 0 heterocycles. The minimum atomic E-state index is -0.343. The maximum atomic E-state index is 12.3. The number of benzene rings is 1. The van der Waals surface area contributed by atoms with Crippen LogP contribution in [0.4, 0.5) is 14.9 Å². The van der Waals surface area contributed by atoms with Crippen molar-refractivity contribution < 1.29 is 9.18 Å². The highest BCUT2D eigenvalue weighted by atomic mass is 79.9. The number of amides is 1. The Hall–Kier alpha value is -0.900. The molecular weight excluding hydrogens is 213 g/mol. The molecule has 0 fully saturated rings. The number of carbonyl (C=O) groups excluding carboxylic acids is 1. The van der Waals surface area contributed by atoms with E-state index in [0.29, 0.717) is 5.69 Å². The molecule has 0 saturated heterocycles. The molecule has 1 amide bonds. The van der Waals surface area contributed by atoms with E-state index in [9.17, 15) is 9.18 Å².